The first-order valence-electron chi connectivity index (χ1n) is 8.84. The quantitative estimate of drug-likeness (QED) is 0.853. The van der Waals surface area contributed by atoms with Crippen LogP contribution in [0.2, 0.25) is 0 Å². The zero-order valence-electron chi connectivity index (χ0n) is 14.8. The van der Waals surface area contributed by atoms with Gasteiger partial charge in [0, 0.05) is 38.4 Å². The number of hydrogen-bond acceptors (Lipinski definition) is 6. The first-order valence-corrected chi connectivity index (χ1v) is 8.84. The van der Waals surface area contributed by atoms with Gasteiger partial charge in [0.15, 0.2) is 11.5 Å². The third-order valence-electron chi connectivity index (χ3n) is 4.78. The summed E-state index contributed by atoms with van der Waals surface area (Å²) in [7, 11) is 3.93. The molecule has 0 unspecified atom stereocenters. The third kappa shape index (κ3) is 3.26. The second-order valence-electron chi connectivity index (χ2n) is 6.74. The Morgan fingerprint density at radius 2 is 2.08 bits per heavy atom. The number of hydrogen-bond donors (Lipinski definition) is 0. The molecule has 2 aliphatic heterocycles. The van der Waals surface area contributed by atoms with E-state index >= 15 is 0 Å². The van der Waals surface area contributed by atoms with Crippen LogP contribution in [0.25, 0.3) is 0 Å². The predicted octanol–water partition coefficient (Wildman–Crippen LogP) is 2.65. The molecule has 1 aromatic carbocycles. The number of benzene rings is 1. The first kappa shape index (κ1) is 16.1. The van der Waals surface area contributed by atoms with Crippen LogP contribution in [0.4, 0.5) is 5.95 Å². The van der Waals surface area contributed by atoms with Crippen LogP contribution in [0.3, 0.4) is 0 Å². The van der Waals surface area contributed by atoms with Crippen molar-refractivity contribution in [2.24, 2.45) is 0 Å². The topological polar surface area (TPSA) is 50.7 Å². The van der Waals surface area contributed by atoms with Gasteiger partial charge < -0.3 is 14.4 Å². The van der Waals surface area contributed by atoms with Crippen LogP contribution in [0.15, 0.2) is 30.5 Å². The summed E-state index contributed by atoms with van der Waals surface area (Å²) in [6.45, 7) is 3.13. The molecule has 0 amide bonds. The predicted molar refractivity (Wildman–Crippen MR) is 96.2 cm³/mol. The lowest BCUT2D eigenvalue weighted by atomic mass is 10.0. The molecule has 1 atom stereocenters. The van der Waals surface area contributed by atoms with Gasteiger partial charge >= 0.3 is 0 Å². The van der Waals surface area contributed by atoms with Crippen molar-refractivity contribution in [3.05, 3.63) is 41.7 Å². The van der Waals surface area contributed by atoms with Crippen LogP contribution in [-0.4, -0.2) is 48.7 Å². The van der Waals surface area contributed by atoms with E-state index in [9.17, 15) is 0 Å². The maximum absolute atomic E-state index is 5.93. The maximum atomic E-state index is 5.93. The minimum atomic E-state index is 0.342. The fourth-order valence-electron chi connectivity index (χ4n) is 3.62. The van der Waals surface area contributed by atoms with Crippen LogP contribution >= 0.6 is 0 Å². The Morgan fingerprint density at radius 1 is 1.20 bits per heavy atom. The highest BCUT2D eigenvalue weighted by molar-refractivity contribution is 5.49. The summed E-state index contributed by atoms with van der Waals surface area (Å²) < 4.78 is 11.7. The summed E-state index contributed by atoms with van der Waals surface area (Å²) in [5.74, 6) is 2.54. The fourth-order valence-corrected chi connectivity index (χ4v) is 3.62. The number of likely N-dealkylation sites (tertiary alicyclic amines) is 1. The van der Waals surface area contributed by atoms with Gasteiger partial charge in [0.05, 0.1) is 5.69 Å². The van der Waals surface area contributed by atoms with Gasteiger partial charge in [-0.1, -0.05) is 12.1 Å². The molecular weight excluding hydrogens is 316 g/mol. The average Bonchev–Trinajstić information content (AvgIpc) is 3.09. The van der Waals surface area contributed by atoms with Crippen molar-refractivity contribution >= 4 is 5.95 Å². The molecule has 2 aromatic rings. The number of anilines is 1. The summed E-state index contributed by atoms with van der Waals surface area (Å²) in [6.07, 6.45) is 4.15. The molecule has 1 fully saturated rings. The standard InChI is InChI=1S/C19H24N4O2/c1-22(2)19-20-9-8-14(21-19)13-23-10-4-6-16(23)15-5-3-7-17-18(15)25-12-11-24-17/h3,5,7-9,16H,4,6,10-13H2,1-2H3/t16-/m1/s1. The van der Waals surface area contributed by atoms with Gasteiger partial charge in [-0.2, -0.15) is 0 Å². The molecule has 0 bridgehead atoms. The molecule has 132 valence electrons. The molecule has 0 spiro atoms. The van der Waals surface area contributed by atoms with Crippen LogP contribution in [0, 0.1) is 0 Å². The van der Waals surface area contributed by atoms with Gasteiger partial charge in [0.25, 0.3) is 0 Å². The van der Waals surface area contributed by atoms with Crippen molar-refractivity contribution in [3.8, 4) is 11.5 Å². The van der Waals surface area contributed by atoms with E-state index in [0.29, 0.717) is 19.3 Å². The van der Waals surface area contributed by atoms with Crippen LogP contribution in [0.1, 0.15) is 30.1 Å². The van der Waals surface area contributed by atoms with E-state index in [1.54, 1.807) is 0 Å². The Bertz CT molecular complexity index is 750. The van der Waals surface area contributed by atoms with Gasteiger partial charge in [-0.05, 0) is 31.5 Å². The minimum Gasteiger partial charge on any atom is -0.486 e. The lowest BCUT2D eigenvalue weighted by molar-refractivity contribution is 0.163. The second kappa shape index (κ2) is 6.88. The average molecular weight is 340 g/mol. The molecule has 1 aromatic heterocycles. The Labute approximate surface area is 148 Å². The van der Waals surface area contributed by atoms with Gasteiger partial charge in [0.2, 0.25) is 5.95 Å². The van der Waals surface area contributed by atoms with Gasteiger partial charge in [-0.15, -0.1) is 0 Å². The molecule has 0 aliphatic carbocycles. The first-order chi connectivity index (χ1) is 12.2. The number of nitrogens with zero attached hydrogens (tertiary/aromatic N) is 4. The van der Waals surface area contributed by atoms with E-state index < -0.39 is 0 Å². The molecule has 1 saturated heterocycles. The van der Waals surface area contributed by atoms with Gasteiger partial charge in [-0.25, -0.2) is 9.97 Å². The molecule has 6 heteroatoms. The molecular formula is C19H24N4O2. The molecule has 0 radical (unpaired) electrons. The Kier molecular flexibility index (Phi) is 4.44. The van der Waals surface area contributed by atoms with Crippen molar-refractivity contribution in [1.29, 1.82) is 0 Å². The summed E-state index contributed by atoms with van der Waals surface area (Å²) in [4.78, 5) is 13.4. The van der Waals surface area contributed by atoms with Crippen LogP contribution in [-0.2, 0) is 6.54 Å². The number of para-hydroxylation sites is 1. The molecule has 2 aliphatic rings. The molecule has 4 rings (SSSR count). The number of aromatic nitrogens is 2. The van der Waals surface area contributed by atoms with Crippen molar-refractivity contribution < 1.29 is 9.47 Å². The van der Waals surface area contributed by atoms with Gasteiger partial charge in [-0.3, -0.25) is 4.90 Å². The zero-order valence-corrected chi connectivity index (χ0v) is 14.8. The van der Waals surface area contributed by atoms with Crippen molar-refractivity contribution in [1.82, 2.24) is 14.9 Å². The highest BCUT2D eigenvalue weighted by Gasteiger charge is 2.30. The lowest BCUT2D eigenvalue weighted by Crippen LogP contribution is -2.25. The van der Waals surface area contributed by atoms with Crippen LogP contribution in [0.5, 0.6) is 11.5 Å². The summed E-state index contributed by atoms with van der Waals surface area (Å²) >= 11 is 0. The number of ether oxygens (including phenoxy) is 2. The van der Waals surface area contributed by atoms with E-state index in [4.69, 9.17) is 9.47 Å². The van der Waals surface area contributed by atoms with Gasteiger partial charge in [0.1, 0.15) is 13.2 Å². The molecule has 6 nitrogen and oxygen atoms in total. The molecule has 3 heterocycles. The normalized spacial score (nSPS) is 19.8. The van der Waals surface area contributed by atoms with E-state index in [1.807, 2.05) is 37.3 Å². The van der Waals surface area contributed by atoms with Crippen LogP contribution < -0.4 is 14.4 Å². The number of fused-ring (bicyclic) bond motifs is 1. The Morgan fingerprint density at radius 3 is 2.96 bits per heavy atom. The molecule has 0 N–H and O–H groups in total. The monoisotopic (exact) mass is 340 g/mol. The molecule has 25 heavy (non-hydrogen) atoms. The lowest BCUT2D eigenvalue weighted by Gasteiger charge is -2.28. The zero-order chi connectivity index (χ0) is 17.2. The Balaban J connectivity index is 1.58. The largest absolute Gasteiger partial charge is 0.486 e. The van der Waals surface area contributed by atoms with Crippen molar-refractivity contribution in [2.75, 3.05) is 38.8 Å². The van der Waals surface area contributed by atoms with E-state index in [2.05, 4.69) is 27.0 Å². The minimum absolute atomic E-state index is 0.342. The van der Waals surface area contributed by atoms with Crippen molar-refractivity contribution in [3.63, 3.8) is 0 Å². The fraction of sp³-hybridized carbons (Fsp3) is 0.474. The SMILES string of the molecule is CN(C)c1nccc(CN2CCC[C@@H]2c2cccc3c2OCCO3)n1. The van der Waals surface area contributed by atoms with E-state index in [0.717, 1.165) is 42.7 Å². The highest BCUT2D eigenvalue weighted by Crippen LogP contribution is 2.43. The second-order valence-corrected chi connectivity index (χ2v) is 6.74. The third-order valence-corrected chi connectivity index (χ3v) is 4.78. The van der Waals surface area contributed by atoms with E-state index in [-0.39, 0.29) is 0 Å². The smallest absolute Gasteiger partial charge is 0.225 e. The van der Waals surface area contributed by atoms with E-state index in [1.165, 1.54) is 12.0 Å². The van der Waals surface area contributed by atoms with Crippen molar-refractivity contribution in [2.45, 2.75) is 25.4 Å². The highest BCUT2D eigenvalue weighted by atomic mass is 16.6. The Hall–Kier alpha value is -2.34. The number of rotatable bonds is 4. The summed E-state index contributed by atoms with van der Waals surface area (Å²) in [6, 6.07) is 8.57. The molecule has 0 saturated carbocycles. The summed E-state index contributed by atoms with van der Waals surface area (Å²) in [5.41, 5.74) is 2.28. The summed E-state index contributed by atoms with van der Waals surface area (Å²) in [5, 5.41) is 0. The maximum Gasteiger partial charge on any atom is 0.225 e.